The minimum atomic E-state index is -0.596. The molecule has 35 heavy (non-hydrogen) atoms. The number of amides is 1. The number of nitrogens with zero attached hydrogens (tertiary/aromatic N) is 6. The number of tetrazole rings is 1. The molecule has 0 spiro atoms. The Labute approximate surface area is 206 Å². The van der Waals surface area contributed by atoms with Crippen LogP contribution in [0.5, 0.6) is 11.6 Å². The average molecular weight is 493 g/mol. The molecule has 0 saturated carbocycles. The molecule has 0 aliphatic carbocycles. The zero-order chi connectivity index (χ0) is 24.4. The van der Waals surface area contributed by atoms with Crippen molar-refractivity contribution in [2.75, 3.05) is 19.1 Å². The van der Waals surface area contributed by atoms with Crippen LogP contribution in [0.1, 0.15) is 11.6 Å². The van der Waals surface area contributed by atoms with E-state index in [1.54, 1.807) is 61.7 Å². The van der Waals surface area contributed by atoms with E-state index in [-0.39, 0.29) is 6.54 Å². The molecule has 0 unspecified atom stereocenters. The summed E-state index contributed by atoms with van der Waals surface area (Å²) in [5, 5.41) is 13.3. The second-order valence-electron chi connectivity index (χ2n) is 7.75. The highest BCUT2D eigenvalue weighted by atomic mass is 35.5. The van der Waals surface area contributed by atoms with Crippen molar-refractivity contribution in [3.63, 3.8) is 0 Å². The number of carbonyl (C=O) groups is 1. The first kappa shape index (κ1) is 22.6. The molecule has 2 aromatic carbocycles. The Bertz CT molecular complexity index is 1330. The number of carbonyl (C=O) groups excluding carboxylic acids is 1. The third-order valence-electron chi connectivity index (χ3n) is 5.62. The SMILES string of the molecule is COc1cccc([C@H]2[C@H](Cn3nnc(-c4ccc(OC)nc4)n3)OC(=O)N2c2ccc(Cl)cc2)c1. The third-order valence-corrected chi connectivity index (χ3v) is 5.87. The molecule has 1 amide bonds. The molecular formula is C24H21ClN6O4. The molecule has 0 N–H and O–H groups in total. The highest BCUT2D eigenvalue weighted by Crippen LogP contribution is 2.39. The van der Waals surface area contributed by atoms with Crippen molar-refractivity contribution in [1.82, 2.24) is 25.2 Å². The van der Waals surface area contributed by atoms with Gasteiger partial charge in [0.2, 0.25) is 11.7 Å². The van der Waals surface area contributed by atoms with E-state index in [4.69, 9.17) is 25.8 Å². The summed E-state index contributed by atoms with van der Waals surface area (Å²) in [7, 11) is 3.14. The van der Waals surface area contributed by atoms with Crippen LogP contribution < -0.4 is 14.4 Å². The van der Waals surface area contributed by atoms with Crippen LogP contribution in [0.2, 0.25) is 5.02 Å². The standard InChI is InChI=1S/C24H21ClN6O4/c1-33-19-5-3-4-15(12-19)22-20(35-24(32)31(22)18-9-7-17(25)8-10-18)14-30-28-23(27-29-30)16-6-11-21(34-2)26-13-16/h3-13,20,22H,14H2,1-2H3/t20-,22-/m0/s1. The van der Waals surface area contributed by atoms with Gasteiger partial charge in [-0.05, 0) is 53.2 Å². The van der Waals surface area contributed by atoms with Crippen LogP contribution in [0, 0.1) is 0 Å². The summed E-state index contributed by atoms with van der Waals surface area (Å²) in [6, 6.07) is 17.6. The summed E-state index contributed by atoms with van der Waals surface area (Å²) in [6.07, 6.45) is 0.531. The number of methoxy groups -OCH3 is 2. The number of halogens is 1. The normalized spacial score (nSPS) is 17.3. The predicted octanol–water partition coefficient (Wildman–Crippen LogP) is 4.17. The molecule has 10 nitrogen and oxygen atoms in total. The fraction of sp³-hybridized carbons (Fsp3) is 0.208. The van der Waals surface area contributed by atoms with Crippen molar-refractivity contribution in [1.29, 1.82) is 0 Å². The lowest BCUT2D eigenvalue weighted by Crippen LogP contribution is -2.31. The Morgan fingerprint density at radius 3 is 2.60 bits per heavy atom. The summed E-state index contributed by atoms with van der Waals surface area (Å²) < 4.78 is 16.3. The average Bonchev–Trinajstić information content (AvgIpc) is 3.49. The van der Waals surface area contributed by atoms with Crippen LogP contribution in [0.15, 0.2) is 66.9 Å². The molecule has 1 saturated heterocycles. The molecular weight excluding hydrogens is 472 g/mol. The van der Waals surface area contributed by atoms with Gasteiger partial charge in [0.1, 0.15) is 24.4 Å². The molecule has 2 aromatic heterocycles. The van der Waals surface area contributed by atoms with Gasteiger partial charge in [0.25, 0.3) is 0 Å². The van der Waals surface area contributed by atoms with E-state index in [1.807, 2.05) is 24.3 Å². The van der Waals surface area contributed by atoms with Gasteiger partial charge >= 0.3 is 6.09 Å². The second-order valence-corrected chi connectivity index (χ2v) is 8.18. The van der Waals surface area contributed by atoms with E-state index in [0.29, 0.717) is 33.7 Å². The predicted molar refractivity (Wildman–Crippen MR) is 128 cm³/mol. The van der Waals surface area contributed by atoms with Gasteiger partial charge in [-0.1, -0.05) is 23.7 Å². The molecule has 5 rings (SSSR count). The number of rotatable bonds is 7. The van der Waals surface area contributed by atoms with Crippen LogP contribution in [0.4, 0.5) is 10.5 Å². The van der Waals surface area contributed by atoms with E-state index in [0.717, 1.165) is 5.56 Å². The monoisotopic (exact) mass is 492 g/mol. The Kier molecular flexibility index (Phi) is 6.19. The van der Waals surface area contributed by atoms with Crippen molar-refractivity contribution < 1.29 is 19.0 Å². The maximum atomic E-state index is 13.0. The van der Waals surface area contributed by atoms with E-state index in [1.165, 1.54) is 4.80 Å². The fourth-order valence-corrected chi connectivity index (χ4v) is 4.08. The molecule has 178 valence electrons. The number of anilines is 1. The van der Waals surface area contributed by atoms with Gasteiger partial charge in [-0.15, -0.1) is 10.2 Å². The van der Waals surface area contributed by atoms with Gasteiger partial charge in [0.05, 0.1) is 14.2 Å². The van der Waals surface area contributed by atoms with Gasteiger partial charge in [0.15, 0.2) is 0 Å². The van der Waals surface area contributed by atoms with Crippen molar-refractivity contribution >= 4 is 23.4 Å². The molecule has 2 atom stereocenters. The summed E-state index contributed by atoms with van der Waals surface area (Å²) in [5.41, 5.74) is 2.19. The fourth-order valence-electron chi connectivity index (χ4n) is 3.95. The number of pyridine rings is 1. The first-order valence-corrected chi connectivity index (χ1v) is 11.1. The first-order valence-electron chi connectivity index (χ1n) is 10.7. The lowest BCUT2D eigenvalue weighted by molar-refractivity contribution is 0.114. The van der Waals surface area contributed by atoms with Crippen LogP contribution in [-0.2, 0) is 11.3 Å². The van der Waals surface area contributed by atoms with E-state index >= 15 is 0 Å². The Morgan fingerprint density at radius 1 is 1.06 bits per heavy atom. The van der Waals surface area contributed by atoms with Crippen LogP contribution in [-0.4, -0.2) is 51.6 Å². The molecule has 11 heteroatoms. The minimum Gasteiger partial charge on any atom is -0.497 e. The Hall–Kier alpha value is -4.18. The number of aromatic nitrogens is 5. The lowest BCUT2D eigenvalue weighted by atomic mass is 9.99. The molecule has 0 radical (unpaired) electrons. The van der Waals surface area contributed by atoms with Crippen molar-refractivity contribution in [2.45, 2.75) is 18.7 Å². The van der Waals surface area contributed by atoms with Crippen LogP contribution in [0.25, 0.3) is 11.4 Å². The molecule has 1 aliphatic heterocycles. The molecule has 3 heterocycles. The zero-order valence-corrected chi connectivity index (χ0v) is 19.7. The van der Waals surface area contributed by atoms with E-state index in [9.17, 15) is 4.79 Å². The number of benzene rings is 2. The maximum absolute atomic E-state index is 13.0. The van der Waals surface area contributed by atoms with Gasteiger partial charge in [-0.2, -0.15) is 4.80 Å². The topological polar surface area (TPSA) is 104 Å². The van der Waals surface area contributed by atoms with Gasteiger partial charge in [-0.25, -0.2) is 9.78 Å². The van der Waals surface area contributed by atoms with Crippen LogP contribution >= 0.6 is 11.6 Å². The van der Waals surface area contributed by atoms with E-state index < -0.39 is 18.2 Å². The molecule has 1 fully saturated rings. The van der Waals surface area contributed by atoms with Crippen molar-refractivity contribution in [3.8, 4) is 23.0 Å². The van der Waals surface area contributed by atoms with Gasteiger partial charge < -0.3 is 14.2 Å². The van der Waals surface area contributed by atoms with Crippen LogP contribution in [0.3, 0.4) is 0 Å². The highest BCUT2D eigenvalue weighted by Gasteiger charge is 2.44. The number of ether oxygens (including phenoxy) is 3. The maximum Gasteiger partial charge on any atom is 0.415 e. The summed E-state index contributed by atoms with van der Waals surface area (Å²) in [5.74, 6) is 1.56. The minimum absolute atomic E-state index is 0.189. The quantitative estimate of drug-likeness (QED) is 0.378. The molecule has 4 aromatic rings. The summed E-state index contributed by atoms with van der Waals surface area (Å²) in [6.45, 7) is 0.189. The van der Waals surface area contributed by atoms with Gasteiger partial charge in [-0.3, -0.25) is 4.90 Å². The van der Waals surface area contributed by atoms with E-state index in [2.05, 4.69) is 20.4 Å². The Balaban J connectivity index is 1.46. The highest BCUT2D eigenvalue weighted by molar-refractivity contribution is 6.30. The molecule has 1 aliphatic rings. The third kappa shape index (κ3) is 4.60. The van der Waals surface area contributed by atoms with Crippen molar-refractivity contribution in [2.24, 2.45) is 0 Å². The number of hydrogen-bond acceptors (Lipinski definition) is 8. The zero-order valence-electron chi connectivity index (χ0n) is 18.9. The summed E-state index contributed by atoms with van der Waals surface area (Å²) >= 11 is 6.06. The number of cyclic esters (lactones) is 1. The van der Waals surface area contributed by atoms with Gasteiger partial charge in [0, 0.05) is 28.5 Å². The summed E-state index contributed by atoms with van der Waals surface area (Å²) in [4.78, 5) is 20.2. The lowest BCUT2D eigenvalue weighted by Gasteiger charge is -2.25. The molecule has 0 bridgehead atoms. The van der Waals surface area contributed by atoms with Crippen molar-refractivity contribution in [3.05, 3.63) is 77.4 Å². The Morgan fingerprint density at radius 2 is 1.89 bits per heavy atom. The largest absolute Gasteiger partial charge is 0.497 e. The first-order chi connectivity index (χ1) is 17.1. The second kappa shape index (κ2) is 9.59. The number of hydrogen-bond donors (Lipinski definition) is 0. The smallest absolute Gasteiger partial charge is 0.415 e.